The second kappa shape index (κ2) is 8.38. The van der Waals surface area contributed by atoms with Crippen LogP contribution in [0.5, 0.6) is 5.75 Å². The van der Waals surface area contributed by atoms with Gasteiger partial charge in [0.05, 0.1) is 18.2 Å². The van der Waals surface area contributed by atoms with Crippen LogP contribution in [0.3, 0.4) is 0 Å². The number of rotatable bonds is 7. The third-order valence-corrected chi connectivity index (χ3v) is 3.92. The highest BCUT2D eigenvalue weighted by molar-refractivity contribution is 5.95. The van der Waals surface area contributed by atoms with Crippen LogP contribution in [0.1, 0.15) is 51.1 Å². The third-order valence-electron chi connectivity index (χ3n) is 3.92. The number of nitrogens with one attached hydrogen (secondary N) is 2. The zero-order valence-electron chi connectivity index (χ0n) is 14.1. The summed E-state index contributed by atoms with van der Waals surface area (Å²) in [6.45, 7) is 4.15. The predicted octanol–water partition coefficient (Wildman–Crippen LogP) is 3.14. The van der Waals surface area contributed by atoms with E-state index in [0.717, 1.165) is 25.7 Å². The number of aromatic hydroxyl groups is 1. The van der Waals surface area contributed by atoms with Crippen LogP contribution in [0.25, 0.3) is 0 Å². The first-order valence-corrected chi connectivity index (χ1v) is 8.27. The van der Waals surface area contributed by atoms with Crippen LogP contribution in [0, 0.1) is 0 Å². The van der Waals surface area contributed by atoms with Gasteiger partial charge in [-0.2, -0.15) is 0 Å². The van der Waals surface area contributed by atoms with Crippen molar-refractivity contribution in [1.29, 1.82) is 0 Å². The van der Waals surface area contributed by atoms with Crippen molar-refractivity contribution in [2.45, 2.75) is 45.6 Å². The molecule has 1 aromatic carbocycles. The Morgan fingerprint density at radius 3 is 2.79 bits per heavy atom. The number of hydrogen-bond donors (Lipinski definition) is 3. The maximum atomic E-state index is 12.5. The van der Waals surface area contributed by atoms with E-state index >= 15 is 0 Å². The molecule has 1 aliphatic heterocycles. The summed E-state index contributed by atoms with van der Waals surface area (Å²) in [5, 5.41) is 15.0. The van der Waals surface area contributed by atoms with E-state index in [1.54, 1.807) is 19.1 Å². The molecule has 1 aromatic rings. The molecule has 0 saturated heterocycles. The minimum Gasteiger partial charge on any atom is -0.508 e. The van der Waals surface area contributed by atoms with Crippen LogP contribution in [-0.4, -0.2) is 23.7 Å². The molecule has 0 bridgehead atoms. The molecule has 1 atom stereocenters. The summed E-state index contributed by atoms with van der Waals surface area (Å²) >= 11 is 0. The number of hydrogen-bond acceptors (Lipinski definition) is 4. The second-order valence-electron chi connectivity index (χ2n) is 5.86. The highest BCUT2D eigenvalue weighted by Crippen LogP contribution is 2.29. The normalized spacial score (nSPS) is 17.2. The number of esters is 1. The van der Waals surface area contributed by atoms with Gasteiger partial charge in [-0.3, -0.25) is 0 Å². The lowest BCUT2D eigenvalue weighted by molar-refractivity contribution is -0.139. The fourth-order valence-corrected chi connectivity index (χ4v) is 2.69. The lowest BCUT2D eigenvalue weighted by Crippen LogP contribution is -2.45. The maximum Gasteiger partial charge on any atom is 0.338 e. The molecule has 0 aliphatic carbocycles. The van der Waals surface area contributed by atoms with E-state index in [1.165, 1.54) is 12.1 Å². The first-order valence-electron chi connectivity index (χ1n) is 8.27. The van der Waals surface area contributed by atoms with Crippen LogP contribution in [0.15, 0.2) is 35.5 Å². The van der Waals surface area contributed by atoms with Crippen LogP contribution in [0.2, 0.25) is 0 Å². The highest BCUT2D eigenvalue weighted by Gasteiger charge is 2.32. The van der Waals surface area contributed by atoms with E-state index in [4.69, 9.17) is 4.74 Å². The average Bonchev–Trinajstić information content (AvgIpc) is 2.53. The van der Waals surface area contributed by atoms with E-state index in [0.29, 0.717) is 23.4 Å². The van der Waals surface area contributed by atoms with Gasteiger partial charge in [0.15, 0.2) is 0 Å². The van der Waals surface area contributed by atoms with Crippen LogP contribution in [0.4, 0.5) is 4.79 Å². The molecule has 1 heterocycles. The largest absolute Gasteiger partial charge is 0.508 e. The summed E-state index contributed by atoms with van der Waals surface area (Å²) in [4.78, 5) is 24.3. The number of unbranched alkanes of at least 4 members (excludes halogenated alkanes) is 3. The number of phenols is 1. The van der Waals surface area contributed by atoms with Gasteiger partial charge in [0.2, 0.25) is 0 Å². The first-order chi connectivity index (χ1) is 11.5. The van der Waals surface area contributed by atoms with Crippen molar-refractivity contribution in [1.82, 2.24) is 10.6 Å². The highest BCUT2D eigenvalue weighted by atomic mass is 16.5. The number of carbonyl (C=O) groups excluding carboxylic acids is 2. The summed E-state index contributed by atoms with van der Waals surface area (Å²) in [5.74, 6) is -0.380. The first kappa shape index (κ1) is 17.8. The quantitative estimate of drug-likeness (QED) is 0.529. The number of allylic oxidation sites excluding steroid dienone is 1. The monoisotopic (exact) mass is 332 g/mol. The Balaban J connectivity index is 2.15. The number of ether oxygens (including phenoxy) is 1. The Morgan fingerprint density at radius 1 is 1.29 bits per heavy atom. The van der Waals surface area contributed by atoms with Crippen molar-refractivity contribution < 1.29 is 19.4 Å². The van der Waals surface area contributed by atoms with Gasteiger partial charge in [0.1, 0.15) is 5.75 Å². The molecule has 6 heteroatoms. The Labute approximate surface area is 141 Å². The topological polar surface area (TPSA) is 87.7 Å². The third kappa shape index (κ3) is 4.50. The fourth-order valence-electron chi connectivity index (χ4n) is 2.69. The molecule has 2 amide bonds. The summed E-state index contributed by atoms with van der Waals surface area (Å²) in [5.41, 5.74) is 1.45. The molecule has 1 aliphatic rings. The molecule has 6 nitrogen and oxygen atoms in total. The van der Waals surface area contributed by atoms with E-state index in [1.807, 2.05) is 0 Å². The summed E-state index contributed by atoms with van der Waals surface area (Å²) in [6, 6.07) is 5.45. The molecule has 130 valence electrons. The minimum atomic E-state index is -0.644. The minimum absolute atomic E-state index is 0.0743. The van der Waals surface area contributed by atoms with Crippen LogP contribution in [-0.2, 0) is 9.53 Å². The van der Waals surface area contributed by atoms with Gasteiger partial charge in [-0.05, 0) is 31.0 Å². The molecule has 0 spiro atoms. The Hall–Kier alpha value is -2.50. The van der Waals surface area contributed by atoms with Gasteiger partial charge in [-0.1, -0.05) is 38.3 Å². The van der Waals surface area contributed by atoms with Crippen molar-refractivity contribution in [2.24, 2.45) is 0 Å². The molecule has 0 saturated carbocycles. The van der Waals surface area contributed by atoms with E-state index < -0.39 is 12.0 Å². The number of amides is 2. The Kier molecular flexibility index (Phi) is 6.23. The molecular formula is C18H24N2O4. The predicted molar refractivity (Wildman–Crippen MR) is 90.3 cm³/mol. The molecule has 3 N–H and O–H groups in total. The van der Waals surface area contributed by atoms with Gasteiger partial charge < -0.3 is 20.5 Å². The molecule has 24 heavy (non-hydrogen) atoms. The van der Waals surface area contributed by atoms with Crippen molar-refractivity contribution in [3.63, 3.8) is 0 Å². The fraction of sp³-hybridized carbons (Fsp3) is 0.444. The average molecular weight is 332 g/mol. The zero-order chi connectivity index (χ0) is 17.5. The van der Waals surface area contributed by atoms with Crippen molar-refractivity contribution >= 4 is 12.0 Å². The molecular weight excluding hydrogens is 308 g/mol. The van der Waals surface area contributed by atoms with Crippen molar-refractivity contribution in [3.05, 3.63) is 41.1 Å². The van der Waals surface area contributed by atoms with E-state index in [-0.39, 0.29) is 11.8 Å². The Morgan fingerprint density at radius 2 is 2.08 bits per heavy atom. The number of phenolic OH excluding ortho intramolecular Hbond substituents is 1. The molecule has 0 aromatic heterocycles. The van der Waals surface area contributed by atoms with Crippen LogP contribution >= 0.6 is 0 Å². The standard InChI is InChI=1S/C18H24N2O4/c1-3-4-5-6-10-24-17(22)15-12(2)19-18(23)20-16(15)13-8-7-9-14(21)11-13/h7-9,11,16,21H,3-6,10H2,1-2H3,(H2,19,20,23). The van der Waals surface area contributed by atoms with Crippen molar-refractivity contribution in [3.8, 4) is 5.75 Å². The number of benzene rings is 1. The van der Waals surface area contributed by atoms with Crippen LogP contribution < -0.4 is 10.6 Å². The summed E-state index contributed by atoms with van der Waals surface area (Å²) in [6.07, 6.45) is 4.08. The van der Waals surface area contributed by atoms with E-state index in [2.05, 4.69) is 17.6 Å². The molecule has 0 fully saturated rings. The lowest BCUT2D eigenvalue weighted by Gasteiger charge is -2.28. The maximum absolute atomic E-state index is 12.5. The van der Waals surface area contributed by atoms with Gasteiger partial charge in [0.25, 0.3) is 0 Å². The van der Waals surface area contributed by atoms with Gasteiger partial charge in [0, 0.05) is 5.70 Å². The summed E-state index contributed by atoms with van der Waals surface area (Å²) in [7, 11) is 0. The second-order valence-corrected chi connectivity index (χ2v) is 5.86. The number of urea groups is 1. The SMILES string of the molecule is CCCCCCOC(=O)C1=C(C)NC(=O)NC1c1cccc(O)c1. The van der Waals surface area contributed by atoms with Gasteiger partial charge in [-0.15, -0.1) is 0 Å². The molecule has 0 radical (unpaired) electrons. The van der Waals surface area contributed by atoms with Gasteiger partial charge >= 0.3 is 12.0 Å². The van der Waals surface area contributed by atoms with E-state index in [9.17, 15) is 14.7 Å². The van der Waals surface area contributed by atoms with Crippen molar-refractivity contribution in [2.75, 3.05) is 6.61 Å². The van der Waals surface area contributed by atoms with Gasteiger partial charge in [-0.25, -0.2) is 9.59 Å². The smallest absolute Gasteiger partial charge is 0.338 e. The molecule has 2 rings (SSSR count). The molecule has 1 unspecified atom stereocenters. The number of carbonyl (C=O) groups is 2. The summed E-state index contributed by atoms with van der Waals surface area (Å²) < 4.78 is 5.37. The zero-order valence-corrected chi connectivity index (χ0v) is 14.1. The Bertz CT molecular complexity index is 640. The lowest BCUT2D eigenvalue weighted by atomic mass is 9.95.